The summed E-state index contributed by atoms with van der Waals surface area (Å²) in [6.45, 7) is 3.57. The molecule has 1 saturated carbocycles. The molecule has 0 bridgehead atoms. The van der Waals surface area contributed by atoms with Gasteiger partial charge < -0.3 is 10.1 Å². The van der Waals surface area contributed by atoms with Gasteiger partial charge in [0.1, 0.15) is 0 Å². The molecule has 0 radical (unpaired) electrons. The molecule has 6 nitrogen and oxygen atoms in total. The number of carbonyl (C=O) groups excluding carboxylic acids is 2. The first-order valence-corrected chi connectivity index (χ1v) is 9.17. The monoisotopic (exact) mass is 355 g/mol. The van der Waals surface area contributed by atoms with Crippen molar-refractivity contribution in [1.82, 2.24) is 15.1 Å². The number of ether oxygens (including phenoxy) is 1. The van der Waals surface area contributed by atoms with E-state index in [0.717, 1.165) is 37.1 Å². The first-order chi connectivity index (χ1) is 12.5. The summed E-state index contributed by atoms with van der Waals surface area (Å²) in [6.07, 6.45) is 6.43. The van der Waals surface area contributed by atoms with Gasteiger partial charge >= 0.3 is 5.97 Å². The Balaban J connectivity index is 1.57. The summed E-state index contributed by atoms with van der Waals surface area (Å²) in [4.78, 5) is 24.5. The van der Waals surface area contributed by atoms with Crippen molar-refractivity contribution in [2.45, 2.75) is 58.1 Å². The van der Waals surface area contributed by atoms with Gasteiger partial charge in [0.15, 0.2) is 6.10 Å². The van der Waals surface area contributed by atoms with E-state index in [9.17, 15) is 9.59 Å². The van der Waals surface area contributed by atoms with Crippen LogP contribution in [-0.2, 0) is 9.53 Å². The Morgan fingerprint density at radius 2 is 1.85 bits per heavy atom. The minimum Gasteiger partial charge on any atom is -0.449 e. The molecule has 0 saturated heterocycles. The van der Waals surface area contributed by atoms with Crippen LogP contribution in [0, 0.1) is 6.92 Å². The van der Waals surface area contributed by atoms with Crippen molar-refractivity contribution >= 4 is 11.9 Å². The first-order valence-electron chi connectivity index (χ1n) is 9.17. The van der Waals surface area contributed by atoms with Crippen LogP contribution in [0.5, 0.6) is 0 Å². The summed E-state index contributed by atoms with van der Waals surface area (Å²) in [6, 6.07) is 9.10. The number of aromatic nitrogens is 2. The van der Waals surface area contributed by atoms with Crippen molar-refractivity contribution in [3.05, 3.63) is 47.8 Å². The van der Waals surface area contributed by atoms with E-state index in [4.69, 9.17) is 4.74 Å². The Kier molecular flexibility index (Phi) is 5.71. The molecular formula is C20H25N3O3. The predicted molar refractivity (Wildman–Crippen MR) is 98.2 cm³/mol. The van der Waals surface area contributed by atoms with Gasteiger partial charge in [-0.3, -0.25) is 4.79 Å². The van der Waals surface area contributed by atoms with E-state index in [1.807, 2.05) is 25.1 Å². The molecule has 6 heteroatoms. The summed E-state index contributed by atoms with van der Waals surface area (Å²) in [5, 5.41) is 7.22. The maximum absolute atomic E-state index is 12.3. The number of hydrogen-bond acceptors (Lipinski definition) is 4. The van der Waals surface area contributed by atoms with Crippen molar-refractivity contribution in [3.63, 3.8) is 0 Å². The first kappa shape index (κ1) is 18.2. The fraction of sp³-hybridized carbons (Fsp3) is 0.450. The zero-order valence-electron chi connectivity index (χ0n) is 15.3. The number of carbonyl (C=O) groups is 2. The molecule has 1 heterocycles. The molecule has 1 aliphatic rings. The highest BCUT2D eigenvalue weighted by Crippen LogP contribution is 2.18. The minimum absolute atomic E-state index is 0.203. The van der Waals surface area contributed by atoms with Crippen LogP contribution >= 0.6 is 0 Å². The average molecular weight is 355 g/mol. The minimum atomic E-state index is -0.808. The zero-order valence-corrected chi connectivity index (χ0v) is 15.3. The number of esters is 1. The van der Waals surface area contributed by atoms with Crippen molar-refractivity contribution < 1.29 is 14.3 Å². The molecule has 1 N–H and O–H groups in total. The van der Waals surface area contributed by atoms with Crippen LogP contribution in [0.15, 0.2) is 36.5 Å². The van der Waals surface area contributed by atoms with Crippen LogP contribution in [0.25, 0.3) is 5.69 Å². The van der Waals surface area contributed by atoms with E-state index in [0.29, 0.717) is 5.56 Å². The van der Waals surface area contributed by atoms with Gasteiger partial charge in [0.2, 0.25) is 0 Å². The molecule has 2 aromatic rings. The normalized spacial score (nSPS) is 16.1. The van der Waals surface area contributed by atoms with E-state index in [-0.39, 0.29) is 11.9 Å². The van der Waals surface area contributed by atoms with E-state index < -0.39 is 12.1 Å². The molecule has 138 valence electrons. The van der Waals surface area contributed by atoms with Gasteiger partial charge in [-0.05, 0) is 57.0 Å². The molecule has 1 aromatic heterocycles. The Morgan fingerprint density at radius 1 is 1.15 bits per heavy atom. The third kappa shape index (κ3) is 4.31. The second-order valence-electron chi connectivity index (χ2n) is 6.82. The SMILES string of the molecule is Cc1ccnn1-c1ccc(C(=O)O[C@@H](C)C(=O)NC2CCCCC2)cc1. The number of aryl methyl sites for hydroxylation is 1. The van der Waals surface area contributed by atoms with E-state index in [1.54, 1.807) is 29.9 Å². The number of nitrogens with zero attached hydrogens (tertiary/aromatic N) is 2. The Morgan fingerprint density at radius 3 is 2.46 bits per heavy atom. The van der Waals surface area contributed by atoms with Gasteiger partial charge in [0.05, 0.1) is 11.3 Å². The van der Waals surface area contributed by atoms with Crippen molar-refractivity contribution in [2.24, 2.45) is 0 Å². The van der Waals surface area contributed by atoms with Crippen molar-refractivity contribution in [1.29, 1.82) is 0 Å². The lowest BCUT2D eigenvalue weighted by atomic mass is 9.95. The van der Waals surface area contributed by atoms with E-state index >= 15 is 0 Å². The quantitative estimate of drug-likeness (QED) is 0.836. The predicted octanol–water partition coefficient (Wildman–Crippen LogP) is 3.17. The number of nitrogens with one attached hydrogen (secondary N) is 1. The Bertz CT molecular complexity index is 761. The molecule has 1 aromatic carbocycles. The molecule has 1 atom stereocenters. The fourth-order valence-electron chi connectivity index (χ4n) is 3.23. The van der Waals surface area contributed by atoms with E-state index in [1.165, 1.54) is 6.42 Å². The topological polar surface area (TPSA) is 73.2 Å². The van der Waals surface area contributed by atoms with Gasteiger partial charge in [-0.2, -0.15) is 5.10 Å². The van der Waals surface area contributed by atoms with Crippen LogP contribution in [0.4, 0.5) is 0 Å². The smallest absolute Gasteiger partial charge is 0.338 e. The summed E-state index contributed by atoms with van der Waals surface area (Å²) >= 11 is 0. The third-order valence-corrected chi connectivity index (χ3v) is 4.78. The van der Waals surface area contributed by atoms with E-state index in [2.05, 4.69) is 10.4 Å². The molecule has 1 fully saturated rings. The second-order valence-corrected chi connectivity index (χ2v) is 6.82. The number of amides is 1. The van der Waals surface area contributed by atoms with Crippen LogP contribution in [-0.4, -0.2) is 33.8 Å². The Labute approximate surface area is 153 Å². The van der Waals surface area contributed by atoms with Gasteiger partial charge in [0.25, 0.3) is 5.91 Å². The maximum Gasteiger partial charge on any atom is 0.338 e. The highest BCUT2D eigenvalue weighted by molar-refractivity contribution is 5.92. The van der Waals surface area contributed by atoms with Crippen molar-refractivity contribution in [3.8, 4) is 5.69 Å². The number of benzene rings is 1. The molecule has 0 unspecified atom stereocenters. The molecular weight excluding hydrogens is 330 g/mol. The van der Waals surface area contributed by atoms with Crippen LogP contribution in [0.3, 0.4) is 0 Å². The summed E-state index contributed by atoms with van der Waals surface area (Å²) in [7, 11) is 0. The largest absolute Gasteiger partial charge is 0.449 e. The fourth-order valence-corrected chi connectivity index (χ4v) is 3.23. The lowest BCUT2D eigenvalue weighted by Gasteiger charge is -2.24. The molecule has 0 aliphatic heterocycles. The lowest BCUT2D eigenvalue weighted by Crippen LogP contribution is -2.42. The van der Waals surface area contributed by atoms with Crippen molar-refractivity contribution in [2.75, 3.05) is 0 Å². The Hall–Kier alpha value is -2.63. The van der Waals surface area contributed by atoms with Gasteiger partial charge in [-0.1, -0.05) is 19.3 Å². The number of hydrogen-bond donors (Lipinski definition) is 1. The lowest BCUT2D eigenvalue weighted by molar-refractivity contribution is -0.130. The maximum atomic E-state index is 12.3. The second kappa shape index (κ2) is 8.17. The van der Waals surface area contributed by atoms with Crippen LogP contribution < -0.4 is 5.32 Å². The average Bonchev–Trinajstić information content (AvgIpc) is 3.08. The molecule has 0 spiro atoms. The number of rotatable bonds is 5. The van der Waals surface area contributed by atoms with Gasteiger partial charge in [-0.25, -0.2) is 9.48 Å². The highest BCUT2D eigenvalue weighted by atomic mass is 16.5. The zero-order chi connectivity index (χ0) is 18.5. The summed E-state index contributed by atoms with van der Waals surface area (Å²) in [5.41, 5.74) is 2.29. The highest BCUT2D eigenvalue weighted by Gasteiger charge is 2.22. The summed E-state index contributed by atoms with van der Waals surface area (Å²) in [5.74, 6) is -0.728. The standard InChI is InChI=1S/C20H25N3O3/c1-14-12-13-21-23(14)18-10-8-16(9-11-18)20(25)26-15(2)19(24)22-17-6-4-3-5-7-17/h8-13,15,17H,3-7H2,1-2H3,(H,22,24)/t15-/m0/s1. The van der Waals surface area contributed by atoms with Crippen LogP contribution in [0.2, 0.25) is 0 Å². The third-order valence-electron chi connectivity index (χ3n) is 4.78. The van der Waals surface area contributed by atoms with Crippen LogP contribution in [0.1, 0.15) is 55.1 Å². The summed E-state index contributed by atoms with van der Waals surface area (Å²) < 4.78 is 7.11. The molecule has 3 rings (SSSR count). The van der Waals surface area contributed by atoms with Gasteiger partial charge in [-0.15, -0.1) is 0 Å². The molecule has 1 aliphatic carbocycles. The molecule has 26 heavy (non-hydrogen) atoms. The molecule has 1 amide bonds. The van der Waals surface area contributed by atoms with Gasteiger partial charge in [0, 0.05) is 17.9 Å².